The second kappa shape index (κ2) is 9.31. The fourth-order valence-corrected chi connectivity index (χ4v) is 4.86. The van der Waals surface area contributed by atoms with E-state index >= 15 is 0 Å². The standard InChI is InChI=1S/C17H25N3O5S.ClH/c1-12-2-3-13(17(22)19-10-14-9-18-11-15(14)21)8-16(12)26(23,24)20-4-6-25-7-5-20;/h2-3,8,14-15,18,21H,4-7,9-11H2,1H3,(H,19,22);1H. The van der Waals surface area contributed by atoms with Gasteiger partial charge in [0.1, 0.15) is 0 Å². The van der Waals surface area contributed by atoms with Gasteiger partial charge >= 0.3 is 0 Å². The fourth-order valence-electron chi connectivity index (χ4n) is 3.20. The molecule has 2 atom stereocenters. The lowest BCUT2D eigenvalue weighted by Gasteiger charge is -2.26. The van der Waals surface area contributed by atoms with Crippen LogP contribution in [0.25, 0.3) is 0 Å². The molecule has 1 aromatic rings. The Labute approximate surface area is 165 Å². The third-order valence-corrected chi connectivity index (χ3v) is 6.91. The van der Waals surface area contributed by atoms with Crippen molar-refractivity contribution in [3.8, 4) is 0 Å². The first-order valence-electron chi connectivity index (χ1n) is 8.75. The summed E-state index contributed by atoms with van der Waals surface area (Å²) in [4.78, 5) is 12.6. The highest BCUT2D eigenvalue weighted by Gasteiger charge is 2.29. The van der Waals surface area contributed by atoms with Crippen molar-refractivity contribution < 1.29 is 23.1 Å². The Morgan fingerprint density at radius 2 is 2.04 bits per heavy atom. The number of sulfonamides is 1. The van der Waals surface area contributed by atoms with Crippen LogP contribution in [0.2, 0.25) is 0 Å². The molecule has 2 aliphatic heterocycles. The maximum atomic E-state index is 12.9. The number of nitrogens with one attached hydrogen (secondary N) is 2. The number of amides is 1. The summed E-state index contributed by atoms with van der Waals surface area (Å²) in [5, 5.41) is 15.6. The normalized spacial score (nSPS) is 23.6. The molecule has 2 fully saturated rings. The summed E-state index contributed by atoms with van der Waals surface area (Å²) in [7, 11) is -3.66. The maximum absolute atomic E-state index is 12.9. The number of carbonyl (C=O) groups is 1. The van der Waals surface area contributed by atoms with Gasteiger partial charge in [-0.25, -0.2) is 8.42 Å². The molecular formula is C17H26ClN3O5S. The van der Waals surface area contributed by atoms with E-state index in [1.54, 1.807) is 19.1 Å². The minimum absolute atomic E-state index is 0. The molecule has 1 aromatic carbocycles. The molecule has 3 N–H and O–H groups in total. The van der Waals surface area contributed by atoms with Crippen molar-refractivity contribution in [3.05, 3.63) is 29.3 Å². The highest BCUT2D eigenvalue weighted by molar-refractivity contribution is 7.89. The Balaban J connectivity index is 0.00000261. The van der Waals surface area contributed by atoms with Crippen LogP contribution < -0.4 is 10.6 Å². The highest BCUT2D eigenvalue weighted by Crippen LogP contribution is 2.22. The quantitative estimate of drug-likeness (QED) is 0.607. The van der Waals surface area contributed by atoms with Gasteiger partial charge in [0, 0.05) is 44.2 Å². The van der Waals surface area contributed by atoms with Crippen LogP contribution in [-0.2, 0) is 14.8 Å². The molecule has 2 unspecified atom stereocenters. The monoisotopic (exact) mass is 419 g/mol. The molecule has 0 aliphatic carbocycles. The fraction of sp³-hybridized carbons (Fsp3) is 0.588. The van der Waals surface area contributed by atoms with E-state index in [0.29, 0.717) is 57.1 Å². The molecule has 0 bridgehead atoms. The van der Waals surface area contributed by atoms with Gasteiger partial charge in [0.25, 0.3) is 5.91 Å². The van der Waals surface area contributed by atoms with Crippen LogP contribution in [0.1, 0.15) is 15.9 Å². The predicted octanol–water partition coefficient (Wildman–Crippen LogP) is -0.252. The number of hydrogen-bond acceptors (Lipinski definition) is 6. The third-order valence-electron chi connectivity index (χ3n) is 4.87. The van der Waals surface area contributed by atoms with Crippen molar-refractivity contribution in [2.24, 2.45) is 5.92 Å². The van der Waals surface area contributed by atoms with E-state index in [9.17, 15) is 18.3 Å². The smallest absolute Gasteiger partial charge is 0.251 e. The van der Waals surface area contributed by atoms with E-state index in [1.165, 1.54) is 10.4 Å². The first kappa shape index (κ1) is 22.1. The minimum atomic E-state index is -3.66. The molecule has 0 radical (unpaired) electrons. The molecule has 2 aliphatic rings. The maximum Gasteiger partial charge on any atom is 0.251 e. The van der Waals surface area contributed by atoms with Crippen LogP contribution in [0.15, 0.2) is 23.1 Å². The average Bonchev–Trinajstić information content (AvgIpc) is 3.05. The van der Waals surface area contributed by atoms with Crippen LogP contribution in [0.5, 0.6) is 0 Å². The Morgan fingerprint density at radius 3 is 2.67 bits per heavy atom. The summed E-state index contributed by atoms with van der Waals surface area (Å²) >= 11 is 0. The van der Waals surface area contributed by atoms with Gasteiger partial charge in [-0.1, -0.05) is 6.07 Å². The van der Waals surface area contributed by atoms with Crippen molar-refractivity contribution in [2.45, 2.75) is 17.9 Å². The molecule has 2 heterocycles. The van der Waals surface area contributed by atoms with Crippen molar-refractivity contribution in [2.75, 3.05) is 45.9 Å². The number of aliphatic hydroxyl groups is 1. The number of halogens is 1. The van der Waals surface area contributed by atoms with Crippen LogP contribution in [0, 0.1) is 12.8 Å². The Hall–Kier alpha value is -1.23. The van der Waals surface area contributed by atoms with Crippen molar-refractivity contribution in [3.63, 3.8) is 0 Å². The molecule has 10 heteroatoms. The third kappa shape index (κ3) is 4.98. The number of aliphatic hydroxyl groups excluding tert-OH is 1. The second-order valence-corrected chi connectivity index (χ2v) is 8.60. The molecule has 2 saturated heterocycles. The molecule has 152 valence electrons. The van der Waals surface area contributed by atoms with E-state index in [2.05, 4.69) is 10.6 Å². The number of aryl methyl sites for hydroxylation is 1. The van der Waals surface area contributed by atoms with E-state index < -0.39 is 16.1 Å². The first-order valence-corrected chi connectivity index (χ1v) is 10.2. The number of ether oxygens (including phenoxy) is 1. The summed E-state index contributed by atoms with van der Waals surface area (Å²) in [6.45, 7) is 4.59. The van der Waals surface area contributed by atoms with Gasteiger partial charge in [0.15, 0.2) is 0 Å². The topological polar surface area (TPSA) is 108 Å². The van der Waals surface area contributed by atoms with E-state index in [-0.39, 0.29) is 29.1 Å². The zero-order valence-corrected chi connectivity index (χ0v) is 16.8. The molecule has 1 amide bonds. The van der Waals surface area contributed by atoms with Gasteiger partial charge in [-0.3, -0.25) is 4.79 Å². The van der Waals surface area contributed by atoms with Gasteiger partial charge in [-0.2, -0.15) is 4.31 Å². The molecule has 27 heavy (non-hydrogen) atoms. The second-order valence-electron chi connectivity index (χ2n) is 6.69. The molecule has 0 spiro atoms. The van der Waals surface area contributed by atoms with Crippen LogP contribution in [-0.4, -0.2) is 75.8 Å². The number of benzene rings is 1. The lowest BCUT2D eigenvalue weighted by molar-refractivity contribution is 0.0730. The number of rotatable bonds is 5. The molecule has 3 rings (SSSR count). The van der Waals surface area contributed by atoms with Crippen molar-refractivity contribution in [1.82, 2.24) is 14.9 Å². The van der Waals surface area contributed by atoms with Crippen LogP contribution >= 0.6 is 12.4 Å². The predicted molar refractivity (Wildman–Crippen MR) is 103 cm³/mol. The zero-order chi connectivity index (χ0) is 18.7. The Bertz CT molecular complexity index is 768. The molecular weight excluding hydrogens is 394 g/mol. The van der Waals surface area contributed by atoms with E-state index in [1.807, 2.05) is 0 Å². The summed E-state index contributed by atoms with van der Waals surface area (Å²) in [6.07, 6.45) is -0.481. The highest BCUT2D eigenvalue weighted by atomic mass is 35.5. The number of β-amino-alcohol motifs (C(OH)–C–C–N with tert-alkyl or cyclic N) is 1. The largest absolute Gasteiger partial charge is 0.391 e. The molecule has 0 saturated carbocycles. The summed E-state index contributed by atoms with van der Waals surface area (Å²) < 4.78 is 32.4. The van der Waals surface area contributed by atoms with Crippen molar-refractivity contribution >= 4 is 28.3 Å². The summed E-state index contributed by atoms with van der Waals surface area (Å²) in [5.74, 6) is -0.386. The van der Waals surface area contributed by atoms with Crippen LogP contribution in [0.4, 0.5) is 0 Å². The lowest BCUT2D eigenvalue weighted by atomic mass is 10.1. The number of morpholine rings is 1. The summed E-state index contributed by atoms with van der Waals surface area (Å²) in [6, 6.07) is 4.69. The van der Waals surface area contributed by atoms with Gasteiger partial charge in [-0.15, -0.1) is 12.4 Å². The zero-order valence-electron chi connectivity index (χ0n) is 15.2. The Kier molecular flexibility index (Phi) is 7.61. The lowest BCUT2D eigenvalue weighted by Crippen LogP contribution is -2.41. The molecule has 0 aromatic heterocycles. The number of hydrogen-bond donors (Lipinski definition) is 3. The number of carbonyl (C=O) groups excluding carboxylic acids is 1. The van der Waals surface area contributed by atoms with Gasteiger partial charge in [0.2, 0.25) is 10.0 Å². The number of nitrogens with zero attached hydrogens (tertiary/aromatic N) is 1. The van der Waals surface area contributed by atoms with Gasteiger partial charge < -0.3 is 20.5 Å². The van der Waals surface area contributed by atoms with Gasteiger partial charge in [-0.05, 0) is 24.6 Å². The first-order chi connectivity index (χ1) is 12.4. The van der Waals surface area contributed by atoms with E-state index in [0.717, 1.165) is 0 Å². The summed E-state index contributed by atoms with van der Waals surface area (Å²) in [5.41, 5.74) is 0.895. The molecule has 8 nitrogen and oxygen atoms in total. The van der Waals surface area contributed by atoms with Crippen LogP contribution in [0.3, 0.4) is 0 Å². The van der Waals surface area contributed by atoms with Gasteiger partial charge in [0.05, 0.1) is 24.2 Å². The van der Waals surface area contributed by atoms with E-state index in [4.69, 9.17) is 4.74 Å². The minimum Gasteiger partial charge on any atom is -0.391 e. The van der Waals surface area contributed by atoms with Crippen molar-refractivity contribution in [1.29, 1.82) is 0 Å². The average molecular weight is 420 g/mol. The SMILES string of the molecule is Cc1ccc(C(=O)NCC2CNCC2O)cc1S(=O)(=O)N1CCOCC1.Cl. The Morgan fingerprint density at radius 1 is 1.33 bits per heavy atom.